The van der Waals surface area contributed by atoms with Crippen molar-refractivity contribution in [2.24, 2.45) is 16.1 Å². The Kier molecular flexibility index (Phi) is 8.94. The summed E-state index contributed by atoms with van der Waals surface area (Å²) >= 11 is 0. The van der Waals surface area contributed by atoms with E-state index in [-0.39, 0.29) is 5.91 Å². The van der Waals surface area contributed by atoms with Crippen LogP contribution in [0.1, 0.15) is 47.1 Å². The number of hydrogen-bond donors (Lipinski definition) is 4. The number of carbonyl (C=O) groups is 2. The molecule has 1 aromatic carbocycles. The van der Waals surface area contributed by atoms with Gasteiger partial charge in [-0.3, -0.25) is 15.1 Å². The van der Waals surface area contributed by atoms with Gasteiger partial charge in [0.15, 0.2) is 5.96 Å². The molecule has 0 radical (unpaired) electrons. The lowest BCUT2D eigenvalue weighted by Gasteiger charge is -2.19. The van der Waals surface area contributed by atoms with Crippen LogP contribution in [0.5, 0.6) is 0 Å². The number of nitrogens with one attached hydrogen (secondary N) is 3. The normalized spacial score (nSPS) is 12.3. The van der Waals surface area contributed by atoms with Crippen LogP contribution in [0.2, 0.25) is 0 Å². The van der Waals surface area contributed by atoms with E-state index in [9.17, 15) is 9.59 Å². The molecule has 0 spiro atoms. The van der Waals surface area contributed by atoms with Crippen LogP contribution in [0.3, 0.4) is 0 Å². The number of ether oxygens (including phenoxy) is 1. The van der Waals surface area contributed by atoms with Gasteiger partial charge in [-0.2, -0.15) is 0 Å². The van der Waals surface area contributed by atoms with E-state index < -0.39 is 17.1 Å². The van der Waals surface area contributed by atoms with Crippen molar-refractivity contribution >= 4 is 23.6 Å². The molecule has 162 valence electrons. The molecule has 5 N–H and O–H groups in total. The first kappa shape index (κ1) is 24.3. The predicted molar refractivity (Wildman–Crippen MR) is 117 cm³/mol. The van der Waals surface area contributed by atoms with Crippen LogP contribution < -0.4 is 21.7 Å². The minimum absolute atomic E-state index is 0.308. The van der Waals surface area contributed by atoms with Crippen LogP contribution >= 0.6 is 0 Å². The summed E-state index contributed by atoms with van der Waals surface area (Å²) < 4.78 is 5.24. The van der Waals surface area contributed by atoms with Crippen molar-refractivity contribution < 1.29 is 14.3 Å². The summed E-state index contributed by atoms with van der Waals surface area (Å²) in [7, 11) is 0. The van der Waals surface area contributed by atoms with E-state index >= 15 is 0 Å². The molecule has 0 atom stereocenters. The van der Waals surface area contributed by atoms with Crippen LogP contribution in [-0.4, -0.2) is 43.2 Å². The molecular weight excluding hydrogens is 370 g/mol. The Morgan fingerprint density at radius 2 is 1.69 bits per heavy atom. The predicted octanol–water partition coefficient (Wildman–Crippen LogP) is 2.64. The number of rotatable bonds is 8. The molecule has 0 unspecified atom stereocenters. The molecule has 8 nitrogen and oxygen atoms in total. The molecule has 0 aromatic heterocycles. The van der Waals surface area contributed by atoms with Gasteiger partial charge in [-0.25, -0.2) is 4.79 Å². The molecule has 0 aliphatic rings. The van der Waals surface area contributed by atoms with E-state index in [1.165, 1.54) is 0 Å². The van der Waals surface area contributed by atoms with E-state index in [0.717, 1.165) is 12.0 Å². The maximum absolute atomic E-state index is 11.8. The molecule has 0 saturated heterocycles. The molecule has 0 saturated carbocycles. The second-order valence-electron chi connectivity index (χ2n) is 8.44. The number of nitrogens with zero attached hydrogens (tertiary/aromatic N) is 1. The molecule has 0 heterocycles. The first-order chi connectivity index (χ1) is 13.4. The first-order valence-electron chi connectivity index (χ1n) is 9.84. The summed E-state index contributed by atoms with van der Waals surface area (Å²) in [5, 5.41) is 9.12. The summed E-state index contributed by atoms with van der Waals surface area (Å²) in [6.07, 6.45) is 0.299. The van der Waals surface area contributed by atoms with Gasteiger partial charge in [-0.15, -0.1) is 0 Å². The minimum Gasteiger partial charge on any atom is -0.444 e. The summed E-state index contributed by atoms with van der Waals surface area (Å²) in [6, 6.07) is 7.59. The van der Waals surface area contributed by atoms with Crippen LogP contribution in [0.25, 0.3) is 0 Å². The van der Waals surface area contributed by atoms with Crippen molar-refractivity contribution in [1.82, 2.24) is 10.6 Å². The number of benzene rings is 1. The third-order valence-corrected chi connectivity index (χ3v) is 3.95. The molecule has 0 aliphatic carbocycles. The zero-order valence-corrected chi connectivity index (χ0v) is 18.4. The summed E-state index contributed by atoms with van der Waals surface area (Å²) in [5.74, 6) is 0.266. The lowest BCUT2D eigenvalue weighted by atomic mass is 9.93. The number of nitrogens with two attached hydrogens (primary N) is 1. The fourth-order valence-corrected chi connectivity index (χ4v) is 2.20. The number of primary amides is 1. The number of hydrogen-bond acceptors (Lipinski definition) is 4. The van der Waals surface area contributed by atoms with Gasteiger partial charge in [0, 0.05) is 18.8 Å². The number of guanidine groups is 1. The molecule has 0 bridgehead atoms. The number of carbonyl (C=O) groups excluding carboxylic acids is 2. The van der Waals surface area contributed by atoms with Crippen LogP contribution in [0.4, 0.5) is 10.5 Å². The topological polar surface area (TPSA) is 118 Å². The fourth-order valence-electron chi connectivity index (χ4n) is 2.20. The SMILES string of the molecule is CCNC(=NCC(C)(C)C(N)=O)NCCc1ccc(NC(=O)OC(C)(C)C)cc1. The number of amides is 2. The third kappa shape index (κ3) is 9.82. The summed E-state index contributed by atoms with van der Waals surface area (Å²) in [4.78, 5) is 27.7. The van der Waals surface area contributed by atoms with Gasteiger partial charge in [0.1, 0.15) is 5.60 Å². The Bertz CT molecular complexity index is 706. The zero-order chi connectivity index (χ0) is 22.1. The summed E-state index contributed by atoms with van der Waals surface area (Å²) in [6.45, 7) is 12.7. The number of anilines is 1. The lowest BCUT2D eigenvalue weighted by Crippen LogP contribution is -2.40. The van der Waals surface area contributed by atoms with E-state index in [0.29, 0.717) is 31.3 Å². The summed E-state index contributed by atoms with van der Waals surface area (Å²) in [5.41, 5.74) is 5.96. The smallest absolute Gasteiger partial charge is 0.412 e. The second kappa shape index (κ2) is 10.7. The standard InChI is InChI=1S/C21H35N5O3/c1-7-23-18(25-14-21(5,6)17(22)27)24-13-12-15-8-10-16(11-9-15)26-19(28)29-20(2,3)4/h8-11H,7,12-14H2,1-6H3,(H2,22,27)(H,26,28)(H2,23,24,25). The average Bonchev–Trinajstić information content (AvgIpc) is 2.59. The molecule has 29 heavy (non-hydrogen) atoms. The zero-order valence-electron chi connectivity index (χ0n) is 18.4. The second-order valence-corrected chi connectivity index (χ2v) is 8.44. The van der Waals surface area contributed by atoms with E-state index in [4.69, 9.17) is 10.5 Å². The molecule has 2 amide bonds. The van der Waals surface area contributed by atoms with Crippen molar-refractivity contribution in [3.8, 4) is 0 Å². The van der Waals surface area contributed by atoms with E-state index in [2.05, 4.69) is 20.9 Å². The van der Waals surface area contributed by atoms with E-state index in [1.54, 1.807) is 13.8 Å². The van der Waals surface area contributed by atoms with Crippen molar-refractivity contribution in [3.63, 3.8) is 0 Å². The Labute approximate surface area is 173 Å². The van der Waals surface area contributed by atoms with Crippen molar-refractivity contribution in [3.05, 3.63) is 29.8 Å². The maximum Gasteiger partial charge on any atom is 0.412 e. The molecule has 1 rings (SSSR count). The molecular formula is C21H35N5O3. The van der Waals surface area contributed by atoms with Gasteiger partial charge in [0.25, 0.3) is 0 Å². The van der Waals surface area contributed by atoms with Crippen molar-refractivity contribution in [2.45, 2.75) is 53.6 Å². The Morgan fingerprint density at radius 1 is 1.07 bits per heavy atom. The minimum atomic E-state index is -0.695. The highest BCUT2D eigenvalue weighted by molar-refractivity contribution is 5.85. The highest BCUT2D eigenvalue weighted by Crippen LogP contribution is 2.14. The first-order valence-corrected chi connectivity index (χ1v) is 9.84. The van der Waals surface area contributed by atoms with Crippen LogP contribution in [0, 0.1) is 5.41 Å². The maximum atomic E-state index is 11.8. The van der Waals surface area contributed by atoms with Crippen LogP contribution in [0.15, 0.2) is 29.3 Å². The van der Waals surface area contributed by atoms with Gasteiger partial charge in [0.05, 0.1) is 12.0 Å². The third-order valence-electron chi connectivity index (χ3n) is 3.95. The highest BCUT2D eigenvalue weighted by Gasteiger charge is 2.24. The lowest BCUT2D eigenvalue weighted by molar-refractivity contribution is -0.125. The van der Waals surface area contributed by atoms with Gasteiger partial charge in [-0.1, -0.05) is 12.1 Å². The quantitative estimate of drug-likeness (QED) is 0.392. The van der Waals surface area contributed by atoms with Crippen molar-refractivity contribution in [2.75, 3.05) is 25.0 Å². The molecule has 0 fully saturated rings. The average molecular weight is 406 g/mol. The highest BCUT2D eigenvalue weighted by atomic mass is 16.6. The molecule has 8 heteroatoms. The van der Waals surface area contributed by atoms with Gasteiger partial charge in [-0.05, 0) is 65.7 Å². The number of aliphatic imine (C=N–C) groups is 1. The fraction of sp³-hybridized carbons (Fsp3) is 0.571. The Hall–Kier alpha value is -2.77. The van der Waals surface area contributed by atoms with Crippen LogP contribution in [-0.2, 0) is 16.0 Å². The van der Waals surface area contributed by atoms with E-state index in [1.807, 2.05) is 52.0 Å². The van der Waals surface area contributed by atoms with Gasteiger partial charge < -0.3 is 21.1 Å². The van der Waals surface area contributed by atoms with Gasteiger partial charge in [0.2, 0.25) is 5.91 Å². The largest absolute Gasteiger partial charge is 0.444 e. The Morgan fingerprint density at radius 3 is 2.21 bits per heavy atom. The molecule has 1 aromatic rings. The van der Waals surface area contributed by atoms with Crippen molar-refractivity contribution in [1.29, 1.82) is 0 Å². The monoisotopic (exact) mass is 405 g/mol. The Balaban J connectivity index is 2.55. The van der Waals surface area contributed by atoms with Gasteiger partial charge >= 0.3 is 6.09 Å². The molecule has 0 aliphatic heterocycles.